The number of carbonyl (C=O) groups is 10. The van der Waals surface area contributed by atoms with Crippen LogP contribution in [-0.4, -0.2) is 249 Å². The van der Waals surface area contributed by atoms with Gasteiger partial charge in [0, 0.05) is 65.0 Å². The number of ether oxygens (including phenoxy) is 8. The summed E-state index contributed by atoms with van der Waals surface area (Å²) in [6.07, 6.45) is 57.5. The number of esters is 4. The van der Waals surface area contributed by atoms with Crippen LogP contribution in [0.15, 0.2) is 0 Å². The number of alkyl carbamates (subject to hydrolysis) is 1. The van der Waals surface area contributed by atoms with Crippen LogP contribution in [-0.2, 0) is 81.0 Å². The first-order valence-electron chi connectivity index (χ1n) is 49.1. The third-order valence-corrected chi connectivity index (χ3v) is 22.4. The fourth-order valence-corrected chi connectivity index (χ4v) is 15.2. The largest absolute Gasteiger partial charge is 0.480 e. The molecule has 0 rings (SSSR count). The Morgan fingerprint density at radius 2 is 0.545 bits per heavy atom. The molecule has 0 aliphatic heterocycles. The number of nitrogens with zero attached hydrogens (tertiary/aromatic N) is 3. The van der Waals surface area contributed by atoms with Crippen LogP contribution in [0.2, 0.25) is 0 Å². The van der Waals surface area contributed by atoms with Gasteiger partial charge in [0.15, 0.2) is 12.2 Å². The van der Waals surface area contributed by atoms with Gasteiger partial charge in [0.2, 0.25) is 0 Å². The molecule has 123 heavy (non-hydrogen) atoms. The molecule has 0 saturated heterocycles. The van der Waals surface area contributed by atoms with E-state index in [2.05, 4.69) is 38.3 Å². The summed E-state index contributed by atoms with van der Waals surface area (Å²) >= 11 is 0. The average Bonchev–Trinajstić information content (AvgIpc) is 0.854. The number of hydrogen-bond donors (Lipinski definition) is 7. The van der Waals surface area contributed by atoms with E-state index in [-0.39, 0.29) is 137 Å². The Labute approximate surface area is 742 Å². The highest BCUT2D eigenvalue weighted by Crippen LogP contribution is 2.22. The van der Waals surface area contributed by atoms with Gasteiger partial charge in [0.1, 0.15) is 19.3 Å². The molecule has 0 fully saturated rings. The fraction of sp³-hybridized carbons (Fsp3) is 0.895. The van der Waals surface area contributed by atoms with Gasteiger partial charge in [-0.1, -0.05) is 336 Å². The maximum Gasteiger partial charge on any atom is 0.407 e. The Morgan fingerprint density at radius 3 is 0.821 bits per heavy atom. The lowest BCUT2D eigenvalue weighted by Gasteiger charge is -2.33. The highest BCUT2D eigenvalue weighted by Gasteiger charge is 2.37. The standard InChI is InChI=1S/C95H177N5O23/c1-5-9-13-17-21-25-29-33-37-41-45-49-53-59-89(109)120-80-83(122-91(111)61-55-51-47-43-39-35-31-27-23-19-15-11-7-3)93(84(123-92(112)62-56-52-48-44-40-36-32-28-24-20-16-12-8-4)81-121-90(110)60-54-50-46-42-38-34-30-26-22-18-14-10-6-2)96-63-70-116-72-74-118-75-73-117-71-64-97-95(115)119-69-57-58-82(94(113)114)100(67-65-98(76-85(101)102)77-86(103)104)68-66-99(78-87(105)106)79-88(107)108/h82-84,93,96H,5-81H2,1-4H3,(H,97,115)(H,101,102)(H,103,104)(H,105,106)(H,107,108)(H,113,114). The van der Waals surface area contributed by atoms with E-state index < -0.39 is 110 Å². The monoisotopic (exact) mass is 1760 g/mol. The molecular formula is C95H177N5O23. The minimum atomic E-state index is -1.32. The summed E-state index contributed by atoms with van der Waals surface area (Å²) in [5.74, 6) is -8.39. The number of carboxylic acids is 5. The van der Waals surface area contributed by atoms with Crippen molar-refractivity contribution in [2.45, 2.75) is 424 Å². The lowest BCUT2D eigenvalue weighted by Crippen LogP contribution is -2.55. The van der Waals surface area contributed by atoms with Gasteiger partial charge in [-0.05, 0) is 38.5 Å². The summed E-state index contributed by atoms with van der Waals surface area (Å²) in [5, 5.41) is 53.7. The van der Waals surface area contributed by atoms with Crippen LogP contribution in [0.25, 0.3) is 0 Å². The van der Waals surface area contributed by atoms with Gasteiger partial charge in [-0.2, -0.15) is 0 Å². The lowest BCUT2D eigenvalue weighted by molar-refractivity contribution is -0.172. The summed E-state index contributed by atoms with van der Waals surface area (Å²) in [4.78, 5) is 131. The van der Waals surface area contributed by atoms with Gasteiger partial charge in [-0.25, -0.2) is 4.79 Å². The van der Waals surface area contributed by atoms with Gasteiger partial charge in [-0.3, -0.25) is 57.9 Å². The number of nitrogens with one attached hydrogen (secondary N) is 2. The Morgan fingerprint density at radius 1 is 0.285 bits per heavy atom. The zero-order valence-electron chi connectivity index (χ0n) is 77.7. The van der Waals surface area contributed by atoms with Crippen molar-refractivity contribution in [3.05, 3.63) is 0 Å². The Kier molecular flexibility index (Phi) is 84.1. The van der Waals surface area contributed by atoms with E-state index in [9.17, 15) is 73.5 Å². The van der Waals surface area contributed by atoms with E-state index in [0.29, 0.717) is 25.7 Å². The number of aliphatic carboxylic acids is 5. The lowest BCUT2D eigenvalue weighted by atomic mass is 10.0. The first kappa shape index (κ1) is 117. The number of unbranched alkanes of at least 4 members (excludes halogenated alkanes) is 48. The quantitative estimate of drug-likeness (QED) is 0.0169. The van der Waals surface area contributed by atoms with E-state index in [1.165, 1.54) is 223 Å². The van der Waals surface area contributed by atoms with Gasteiger partial charge in [-0.15, -0.1) is 0 Å². The smallest absolute Gasteiger partial charge is 0.407 e. The highest BCUT2D eigenvalue weighted by atomic mass is 16.6. The number of carboxylic acid groups (broad SMARTS) is 5. The molecule has 0 bridgehead atoms. The fourth-order valence-electron chi connectivity index (χ4n) is 15.2. The second kappa shape index (κ2) is 88.3. The van der Waals surface area contributed by atoms with Crippen molar-refractivity contribution in [3.63, 3.8) is 0 Å². The average molecular weight is 1760 g/mol. The molecule has 1 amide bonds. The number of amides is 1. The summed E-state index contributed by atoms with van der Waals surface area (Å²) in [6.45, 7) is 5.78. The minimum Gasteiger partial charge on any atom is -0.480 e. The summed E-state index contributed by atoms with van der Waals surface area (Å²) in [5.41, 5.74) is 0. The van der Waals surface area contributed by atoms with Crippen LogP contribution >= 0.6 is 0 Å². The molecule has 28 heteroatoms. The molecule has 3 unspecified atom stereocenters. The van der Waals surface area contributed by atoms with Gasteiger partial charge in [0.05, 0.1) is 78.5 Å². The van der Waals surface area contributed by atoms with Crippen LogP contribution in [0.5, 0.6) is 0 Å². The van der Waals surface area contributed by atoms with Crippen molar-refractivity contribution in [3.8, 4) is 0 Å². The van der Waals surface area contributed by atoms with Crippen molar-refractivity contribution < 1.29 is 111 Å². The molecule has 0 aliphatic carbocycles. The Hall–Kier alpha value is -5.78. The zero-order valence-corrected chi connectivity index (χ0v) is 77.7. The van der Waals surface area contributed by atoms with Crippen molar-refractivity contribution >= 4 is 59.8 Å². The molecule has 0 heterocycles. The van der Waals surface area contributed by atoms with Crippen LogP contribution in [0, 0.1) is 0 Å². The molecular weight excluding hydrogens is 1580 g/mol. The van der Waals surface area contributed by atoms with Crippen molar-refractivity contribution in [1.29, 1.82) is 0 Å². The number of hydrogen-bond acceptors (Lipinski definition) is 22. The topological polar surface area (TPSA) is 379 Å². The second-order valence-electron chi connectivity index (χ2n) is 33.8. The summed E-state index contributed by atoms with van der Waals surface area (Å²) in [7, 11) is 0. The molecule has 3 atom stereocenters. The van der Waals surface area contributed by atoms with Crippen LogP contribution in [0.1, 0.15) is 400 Å². The third-order valence-electron chi connectivity index (χ3n) is 22.4. The summed E-state index contributed by atoms with van der Waals surface area (Å²) in [6, 6.07) is -2.30. The Balaban J connectivity index is 6.41. The number of rotatable bonds is 97. The van der Waals surface area contributed by atoms with Gasteiger partial charge < -0.3 is 74.1 Å². The van der Waals surface area contributed by atoms with E-state index >= 15 is 0 Å². The van der Waals surface area contributed by atoms with Gasteiger partial charge >= 0.3 is 59.8 Å². The zero-order chi connectivity index (χ0) is 90.3. The first-order chi connectivity index (χ1) is 59.8. The predicted octanol–water partition coefficient (Wildman–Crippen LogP) is 19.0. The minimum absolute atomic E-state index is 0.0300. The molecule has 720 valence electrons. The Bertz CT molecular complexity index is 2390. The molecule has 0 radical (unpaired) electrons. The van der Waals surface area contributed by atoms with E-state index in [4.69, 9.17) is 37.9 Å². The maximum atomic E-state index is 14.2. The van der Waals surface area contributed by atoms with Crippen molar-refractivity contribution in [2.24, 2.45) is 0 Å². The van der Waals surface area contributed by atoms with Crippen LogP contribution in [0.3, 0.4) is 0 Å². The van der Waals surface area contributed by atoms with E-state index in [1.807, 2.05) is 0 Å². The van der Waals surface area contributed by atoms with Gasteiger partial charge in [0.25, 0.3) is 0 Å². The molecule has 0 saturated carbocycles. The molecule has 0 aromatic carbocycles. The SMILES string of the molecule is CCCCCCCCCCCCCCCC(=O)OCC(OC(=O)CCCCCCCCCCCCCCC)C(NCCOCCOCCOCCNC(=O)OCCCC(C(=O)O)N(CCN(CC(=O)O)CC(=O)O)CCN(CC(=O)O)CC(=O)O)C(COC(=O)CCCCCCCCCCCCCCC)OC(=O)CCCCCCCCCCCCCCC. The normalized spacial score (nSPS) is 12.5. The third kappa shape index (κ3) is 80.5. The molecule has 0 aromatic heterocycles. The first-order valence-corrected chi connectivity index (χ1v) is 49.1. The molecule has 28 nitrogen and oxygen atoms in total. The maximum absolute atomic E-state index is 14.2. The van der Waals surface area contributed by atoms with Crippen LogP contribution in [0.4, 0.5) is 4.79 Å². The van der Waals surface area contributed by atoms with E-state index in [0.717, 1.165) is 99.7 Å². The number of carbonyl (C=O) groups excluding carboxylic acids is 5. The van der Waals surface area contributed by atoms with Crippen molar-refractivity contribution in [2.75, 3.05) is 125 Å². The molecule has 0 aliphatic rings. The van der Waals surface area contributed by atoms with E-state index in [1.54, 1.807) is 0 Å². The molecule has 0 spiro atoms. The van der Waals surface area contributed by atoms with Crippen molar-refractivity contribution in [1.82, 2.24) is 25.3 Å². The molecule has 0 aromatic rings. The second-order valence-corrected chi connectivity index (χ2v) is 33.8. The summed E-state index contributed by atoms with van der Waals surface area (Å²) < 4.78 is 47.6. The van der Waals surface area contributed by atoms with Crippen LogP contribution < -0.4 is 10.6 Å². The predicted molar refractivity (Wildman–Crippen MR) is 482 cm³/mol. The molecule has 7 N–H and O–H groups in total. The highest BCUT2D eigenvalue weighted by molar-refractivity contribution is 5.75.